The first kappa shape index (κ1) is 21.3. The molecule has 10 heteroatoms. The fourth-order valence-electron chi connectivity index (χ4n) is 4.74. The Morgan fingerprint density at radius 3 is 2.57 bits per heavy atom. The number of nitrogens with zero attached hydrogens (tertiary/aromatic N) is 5. The number of likely N-dealkylation sites (tertiary alicyclic amines) is 1. The van der Waals surface area contributed by atoms with Crippen molar-refractivity contribution < 1.29 is 14.6 Å². The van der Waals surface area contributed by atoms with Gasteiger partial charge in [0.1, 0.15) is 5.60 Å². The molecule has 30 heavy (non-hydrogen) atoms. The summed E-state index contributed by atoms with van der Waals surface area (Å²) in [6, 6.07) is -0.130. The number of halogens is 1. The molecule has 4 heterocycles. The summed E-state index contributed by atoms with van der Waals surface area (Å²) in [7, 11) is 0. The quantitative estimate of drug-likeness (QED) is 0.707. The summed E-state index contributed by atoms with van der Waals surface area (Å²) in [5, 5.41) is 14.2. The largest absolute Gasteiger partial charge is 0.444 e. The van der Waals surface area contributed by atoms with Crippen LogP contribution in [-0.4, -0.2) is 60.6 Å². The van der Waals surface area contributed by atoms with E-state index in [1.807, 2.05) is 25.3 Å². The summed E-state index contributed by atoms with van der Waals surface area (Å²) >= 11 is 3.28. The molecular weight excluding hydrogens is 454 g/mol. The van der Waals surface area contributed by atoms with Crippen LogP contribution in [0.1, 0.15) is 76.1 Å². The Labute approximate surface area is 183 Å². The van der Waals surface area contributed by atoms with Crippen LogP contribution >= 0.6 is 15.9 Å². The van der Waals surface area contributed by atoms with Crippen LogP contribution in [0.3, 0.4) is 0 Å². The van der Waals surface area contributed by atoms with Crippen LogP contribution in [0.5, 0.6) is 0 Å². The third kappa shape index (κ3) is 3.64. The Morgan fingerprint density at radius 2 is 1.97 bits per heavy atom. The summed E-state index contributed by atoms with van der Waals surface area (Å²) in [6.07, 6.45) is 1.80. The van der Waals surface area contributed by atoms with Crippen molar-refractivity contribution in [3.8, 4) is 0 Å². The van der Waals surface area contributed by atoms with Crippen LogP contribution in [0, 0.1) is 0 Å². The minimum absolute atomic E-state index is 0.0170. The van der Waals surface area contributed by atoms with Gasteiger partial charge >= 0.3 is 6.09 Å². The van der Waals surface area contributed by atoms with Crippen LogP contribution in [0.15, 0.2) is 9.53 Å². The number of carbonyl (C=O) groups excluding carboxylic acids is 1. The number of amides is 1. The molecule has 1 N–H and O–H groups in total. The van der Waals surface area contributed by atoms with Gasteiger partial charge in [0.25, 0.3) is 5.56 Å². The number of aliphatic hydroxyl groups excluding tert-OH is 1. The average Bonchev–Trinajstić information content (AvgIpc) is 3.21. The zero-order valence-corrected chi connectivity index (χ0v) is 19.3. The molecule has 0 bridgehead atoms. The number of hydrogen-bond acceptors (Lipinski definition) is 6. The van der Waals surface area contributed by atoms with Crippen molar-refractivity contribution in [3.63, 3.8) is 0 Å². The van der Waals surface area contributed by atoms with E-state index in [2.05, 4.69) is 32.9 Å². The smallest absolute Gasteiger partial charge is 0.410 e. The lowest BCUT2D eigenvalue weighted by molar-refractivity contribution is 0.0204. The molecule has 4 rings (SSSR count). The van der Waals surface area contributed by atoms with E-state index in [0.29, 0.717) is 36.4 Å². The average molecular weight is 482 g/mol. The molecule has 2 aromatic rings. The first-order chi connectivity index (χ1) is 14.1. The predicted molar refractivity (Wildman–Crippen MR) is 114 cm³/mol. The number of piperidine rings is 1. The van der Waals surface area contributed by atoms with Gasteiger partial charge in [-0.3, -0.25) is 4.79 Å². The van der Waals surface area contributed by atoms with E-state index in [1.54, 1.807) is 4.90 Å². The standard InChI is InChI=1S/C20H28BrN5O4/c1-11-9-13(10-27)25-15(11)14(16(28)26-18(25)22-17(21)23-26)12-5-7-24(8-6-12)19(29)30-20(2,3)4/h11-13,27H,5-10H2,1-4H3. The molecule has 2 unspecified atom stereocenters. The fraction of sp³-hybridized carbons (Fsp3) is 0.700. The molecule has 164 valence electrons. The first-order valence-corrected chi connectivity index (χ1v) is 11.2. The van der Waals surface area contributed by atoms with Crippen molar-refractivity contribution in [1.82, 2.24) is 24.1 Å². The van der Waals surface area contributed by atoms with Crippen LogP contribution in [0.25, 0.3) is 5.78 Å². The van der Waals surface area contributed by atoms with Gasteiger partial charge in [-0.15, -0.1) is 5.10 Å². The van der Waals surface area contributed by atoms with Crippen LogP contribution in [-0.2, 0) is 4.74 Å². The second kappa shape index (κ2) is 7.64. The van der Waals surface area contributed by atoms with Crippen molar-refractivity contribution in [2.75, 3.05) is 19.7 Å². The molecule has 0 aromatic carbocycles. The molecule has 1 saturated heterocycles. The highest BCUT2D eigenvalue weighted by Gasteiger charge is 2.38. The predicted octanol–water partition coefficient (Wildman–Crippen LogP) is 2.81. The van der Waals surface area contributed by atoms with Gasteiger partial charge in [-0.1, -0.05) is 6.92 Å². The van der Waals surface area contributed by atoms with Gasteiger partial charge in [-0.2, -0.15) is 9.50 Å². The number of carbonyl (C=O) groups is 1. The normalized spacial score (nSPS) is 22.5. The van der Waals surface area contributed by atoms with E-state index >= 15 is 0 Å². The van der Waals surface area contributed by atoms with Crippen LogP contribution in [0.4, 0.5) is 4.79 Å². The Morgan fingerprint density at radius 1 is 1.30 bits per heavy atom. The molecule has 2 aliphatic heterocycles. The Hall–Kier alpha value is -1.94. The Balaban J connectivity index is 1.69. The van der Waals surface area contributed by atoms with Crippen molar-refractivity contribution in [2.24, 2.45) is 0 Å². The molecule has 1 fully saturated rings. The van der Waals surface area contributed by atoms with Crippen molar-refractivity contribution in [2.45, 2.75) is 70.4 Å². The SMILES string of the molecule is CC1CC(CO)n2c1c(C1CCN(C(=O)OC(C)(C)C)CC1)c(=O)n1nc(Br)nc21. The lowest BCUT2D eigenvalue weighted by Gasteiger charge is -2.34. The number of aliphatic hydroxyl groups is 1. The maximum atomic E-state index is 13.4. The Bertz CT molecular complexity index is 1030. The highest BCUT2D eigenvalue weighted by molar-refractivity contribution is 9.10. The molecule has 0 saturated carbocycles. The van der Waals surface area contributed by atoms with Gasteiger partial charge in [-0.05, 0) is 67.8 Å². The molecule has 2 atom stereocenters. The van der Waals surface area contributed by atoms with E-state index in [9.17, 15) is 14.7 Å². The molecule has 0 radical (unpaired) electrons. The van der Waals surface area contributed by atoms with E-state index in [4.69, 9.17) is 4.74 Å². The molecular formula is C20H28BrN5O4. The summed E-state index contributed by atoms with van der Waals surface area (Å²) in [5.74, 6) is 0.610. The lowest BCUT2D eigenvalue weighted by atomic mass is 9.86. The third-order valence-corrected chi connectivity index (χ3v) is 6.30. The highest BCUT2D eigenvalue weighted by Crippen LogP contribution is 2.41. The van der Waals surface area contributed by atoms with Gasteiger partial charge in [0, 0.05) is 24.3 Å². The van der Waals surface area contributed by atoms with Crippen molar-refractivity contribution >= 4 is 27.8 Å². The van der Waals surface area contributed by atoms with E-state index < -0.39 is 5.60 Å². The second-order valence-corrected chi connectivity index (χ2v) is 9.99. The zero-order valence-electron chi connectivity index (χ0n) is 17.8. The molecule has 2 aromatic heterocycles. The van der Waals surface area contributed by atoms with Crippen molar-refractivity contribution in [1.29, 1.82) is 0 Å². The molecule has 9 nitrogen and oxygen atoms in total. The topological polar surface area (TPSA) is 102 Å². The monoisotopic (exact) mass is 481 g/mol. The number of ether oxygens (including phenoxy) is 1. The van der Waals surface area contributed by atoms with Gasteiger partial charge in [0.05, 0.1) is 12.6 Å². The van der Waals surface area contributed by atoms with E-state index in [-0.39, 0.29) is 36.1 Å². The van der Waals surface area contributed by atoms with Gasteiger partial charge in [0.2, 0.25) is 10.5 Å². The van der Waals surface area contributed by atoms with Gasteiger partial charge in [0.15, 0.2) is 0 Å². The van der Waals surface area contributed by atoms with E-state index in [1.165, 1.54) is 4.52 Å². The maximum Gasteiger partial charge on any atom is 0.410 e. The first-order valence-electron chi connectivity index (χ1n) is 10.4. The third-order valence-electron chi connectivity index (χ3n) is 5.96. The number of rotatable bonds is 2. The number of hydrogen-bond donors (Lipinski definition) is 1. The van der Waals surface area contributed by atoms with E-state index in [0.717, 1.165) is 17.7 Å². The molecule has 0 aliphatic carbocycles. The van der Waals surface area contributed by atoms with Crippen LogP contribution < -0.4 is 5.56 Å². The minimum Gasteiger partial charge on any atom is -0.444 e. The fourth-order valence-corrected chi connectivity index (χ4v) is 5.06. The number of fused-ring (bicyclic) bond motifs is 3. The zero-order chi connectivity index (χ0) is 21.8. The van der Waals surface area contributed by atoms with Crippen LogP contribution in [0.2, 0.25) is 0 Å². The molecule has 1 amide bonds. The van der Waals surface area contributed by atoms with Gasteiger partial charge in [-0.25, -0.2) is 4.79 Å². The summed E-state index contributed by atoms with van der Waals surface area (Å²) < 4.78 is 9.16. The Kier molecular flexibility index (Phi) is 5.42. The van der Waals surface area contributed by atoms with Crippen molar-refractivity contribution in [3.05, 3.63) is 26.3 Å². The highest BCUT2D eigenvalue weighted by atomic mass is 79.9. The minimum atomic E-state index is -0.534. The van der Waals surface area contributed by atoms with Gasteiger partial charge < -0.3 is 19.3 Å². The molecule has 2 aliphatic rings. The lowest BCUT2D eigenvalue weighted by Crippen LogP contribution is -2.42. The maximum absolute atomic E-state index is 13.4. The summed E-state index contributed by atoms with van der Waals surface area (Å²) in [6.45, 7) is 8.70. The number of aromatic nitrogens is 4. The summed E-state index contributed by atoms with van der Waals surface area (Å²) in [4.78, 5) is 31.9. The summed E-state index contributed by atoms with van der Waals surface area (Å²) in [5.41, 5.74) is 0.998. The molecule has 0 spiro atoms. The second-order valence-electron chi connectivity index (χ2n) is 9.28.